The first-order valence-electron chi connectivity index (χ1n) is 8.42. The van der Waals surface area contributed by atoms with Crippen molar-refractivity contribution < 1.29 is 19.0 Å². The smallest absolute Gasteiger partial charge is 0.205 e. The predicted molar refractivity (Wildman–Crippen MR) is 108 cm³/mol. The van der Waals surface area contributed by atoms with Gasteiger partial charge in [-0.05, 0) is 33.1 Å². The highest BCUT2D eigenvalue weighted by Gasteiger charge is 2.20. The van der Waals surface area contributed by atoms with E-state index in [0.717, 1.165) is 17.4 Å². The number of rotatable bonds is 8. The van der Waals surface area contributed by atoms with Crippen molar-refractivity contribution in [2.24, 2.45) is 0 Å². The SMILES string of the molecule is COc1cc(C=O)c(Br)c(OCc2ccccc2)c1OCc1ccccc1. The molecule has 3 aromatic carbocycles. The lowest BCUT2D eigenvalue weighted by Gasteiger charge is -2.18. The van der Waals surface area contributed by atoms with Crippen molar-refractivity contribution in [1.82, 2.24) is 0 Å². The summed E-state index contributed by atoms with van der Waals surface area (Å²) in [4.78, 5) is 11.4. The Hall–Kier alpha value is -2.79. The predicted octanol–water partition coefficient (Wildman–Crippen LogP) is 5.43. The number of methoxy groups -OCH3 is 1. The van der Waals surface area contributed by atoms with Gasteiger partial charge >= 0.3 is 0 Å². The van der Waals surface area contributed by atoms with E-state index in [9.17, 15) is 4.79 Å². The van der Waals surface area contributed by atoms with Gasteiger partial charge in [-0.1, -0.05) is 60.7 Å². The van der Waals surface area contributed by atoms with Crippen molar-refractivity contribution in [2.45, 2.75) is 13.2 Å². The molecule has 0 aliphatic carbocycles. The molecule has 0 N–H and O–H groups in total. The molecule has 0 unspecified atom stereocenters. The maximum absolute atomic E-state index is 11.4. The molecule has 0 aromatic heterocycles. The summed E-state index contributed by atoms with van der Waals surface area (Å²) in [7, 11) is 1.54. The maximum atomic E-state index is 11.4. The van der Waals surface area contributed by atoms with Crippen LogP contribution in [0.1, 0.15) is 21.5 Å². The van der Waals surface area contributed by atoms with Crippen LogP contribution in [0.25, 0.3) is 0 Å². The standard InChI is InChI=1S/C22H19BrO4/c1-25-19-12-18(13-24)20(23)22(27-15-17-10-6-3-7-11-17)21(19)26-14-16-8-4-2-5-9-16/h2-13H,14-15H2,1H3. The van der Waals surface area contributed by atoms with Gasteiger partial charge in [-0.3, -0.25) is 4.79 Å². The van der Waals surface area contributed by atoms with Crippen LogP contribution in [-0.2, 0) is 13.2 Å². The molecule has 138 valence electrons. The molecule has 0 amide bonds. The minimum Gasteiger partial charge on any atom is -0.493 e. The van der Waals surface area contributed by atoms with Crippen LogP contribution in [-0.4, -0.2) is 13.4 Å². The molecule has 0 fully saturated rings. The Morgan fingerprint density at radius 1 is 0.852 bits per heavy atom. The maximum Gasteiger partial charge on any atom is 0.205 e. The van der Waals surface area contributed by atoms with Gasteiger partial charge in [0.25, 0.3) is 0 Å². The third kappa shape index (κ3) is 4.68. The van der Waals surface area contributed by atoms with E-state index < -0.39 is 0 Å². The summed E-state index contributed by atoms with van der Waals surface area (Å²) >= 11 is 3.46. The van der Waals surface area contributed by atoms with Crippen molar-refractivity contribution in [3.8, 4) is 17.2 Å². The third-order valence-electron chi connectivity index (χ3n) is 3.97. The number of hydrogen-bond acceptors (Lipinski definition) is 4. The zero-order valence-corrected chi connectivity index (χ0v) is 16.4. The highest BCUT2D eigenvalue weighted by molar-refractivity contribution is 9.10. The van der Waals surface area contributed by atoms with Gasteiger partial charge in [-0.25, -0.2) is 0 Å². The second-order valence-electron chi connectivity index (χ2n) is 5.81. The fourth-order valence-corrected chi connectivity index (χ4v) is 3.08. The first kappa shape index (κ1) is 19.0. The normalized spacial score (nSPS) is 10.3. The number of halogens is 1. The average Bonchev–Trinajstić information content (AvgIpc) is 2.73. The molecular weight excluding hydrogens is 408 g/mol. The van der Waals surface area contributed by atoms with Gasteiger partial charge in [-0.15, -0.1) is 0 Å². The lowest BCUT2D eigenvalue weighted by atomic mass is 10.2. The molecule has 0 aliphatic rings. The first-order chi connectivity index (χ1) is 13.2. The lowest BCUT2D eigenvalue weighted by molar-refractivity contribution is 0.112. The highest BCUT2D eigenvalue weighted by atomic mass is 79.9. The van der Waals surface area contributed by atoms with Gasteiger partial charge in [0, 0.05) is 5.56 Å². The minimum atomic E-state index is 0.340. The number of ether oxygens (including phenoxy) is 3. The number of aldehydes is 1. The fourth-order valence-electron chi connectivity index (χ4n) is 2.58. The average molecular weight is 427 g/mol. The highest BCUT2D eigenvalue weighted by Crippen LogP contribution is 2.45. The lowest BCUT2D eigenvalue weighted by Crippen LogP contribution is -2.04. The number of carbonyl (C=O) groups excluding carboxylic acids is 1. The second-order valence-corrected chi connectivity index (χ2v) is 6.60. The quantitative estimate of drug-likeness (QED) is 0.450. The Balaban J connectivity index is 1.92. The molecule has 3 aromatic rings. The molecule has 4 nitrogen and oxygen atoms in total. The summed E-state index contributed by atoms with van der Waals surface area (Å²) in [5.74, 6) is 1.34. The second kappa shape index (κ2) is 9.24. The van der Waals surface area contributed by atoms with Crippen molar-refractivity contribution in [3.63, 3.8) is 0 Å². The number of benzene rings is 3. The topological polar surface area (TPSA) is 44.8 Å². The molecule has 0 aliphatic heterocycles. The Labute approximate surface area is 166 Å². The zero-order chi connectivity index (χ0) is 19.1. The summed E-state index contributed by atoms with van der Waals surface area (Å²) in [6.45, 7) is 0.693. The minimum absolute atomic E-state index is 0.340. The molecule has 0 radical (unpaired) electrons. The zero-order valence-electron chi connectivity index (χ0n) is 14.9. The molecule has 0 saturated heterocycles. The van der Waals surface area contributed by atoms with Gasteiger partial charge in [-0.2, -0.15) is 0 Å². The summed E-state index contributed by atoms with van der Waals surface area (Å²) in [6.07, 6.45) is 0.753. The van der Waals surface area contributed by atoms with Gasteiger partial charge in [0.15, 0.2) is 17.8 Å². The van der Waals surface area contributed by atoms with E-state index >= 15 is 0 Å². The van der Waals surface area contributed by atoms with Crippen molar-refractivity contribution >= 4 is 22.2 Å². The van der Waals surface area contributed by atoms with Crippen LogP contribution in [0.15, 0.2) is 71.2 Å². The molecule has 0 saturated carbocycles. The summed E-state index contributed by atoms with van der Waals surface area (Å²) in [6, 6.07) is 21.2. The Bertz CT molecular complexity index is 895. The van der Waals surface area contributed by atoms with E-state index in [1.165, 1.54) is 7.11 Å². The Morgan fingerprint density at radius 3 is 1.85 bits per heavy atom. The van der Waals surface area contributed by atoms with Crippen LogP contribution in [0.2, 0.25) is 0 Å². The largest absolute Gasteiger partial charge is 0.493 e. The molecular formula is C22H19BrO4. The molecule has 0 bridgehead atoms. The van der Waals surface area contributed by atoms with E-state index in [1.54, 1.807) is 6.07 Å². The molecule has 27 heavy (non-hydrogen) atoms. The number of hydrogen-bond donors (Lipinski definition) is 0. The van der Waals surface area contributed by atoms with Crippen LogP contribution in [0.5, 0.6) is 17.2 Å². The van der Waals surface area contributed by atoms with Crippen LogP contribution in [0.3, 0.4) is 0 Å². The summed E-state index contributed by atoms with van der Waals surface area (Å²) < 4.78 is 18.0. The van der Waals surface area contributed by atoms with E-state index in [2.05, 4.69) is 15.9 Å². The van der Waals surface area contributed by atoms with E-state index in [-0.39, 0.29) is 0 Å². The van der Waals surface area contributed by atoms with Gasteiger partial charge in [0.05, 0.1) is 11.6 Å². The third-order valence-corrected chi connectivity index (χ3v) is 4.79. The Kier molecular flexibility index (Phi) is 6.49. The summed E-state index contributed by atoms with van der Waals surface area (Å²) in [5, 5.41) is 0. The van der Waals surface area contributed by atoms with E-state index in [4.69, 9.17) is 14.2 Å². The molecule has 5 heteroatoms. The van der Waals surface area contributed by atoms with Crippen LogP contribution in [0, 0.1) is 0 Å². The van der Waals surface area contributed by atoms with Crippen LogP contribution >= 0.6 is 15.9 Å². The van der Waals surface area contributed by atoms with E-state index in [1.807, 2.05) is 60.7 Å². The van der Waals surface area contributed by atoms with Crippen LogP contribution < -0.4 is 14.2 Å². The molecule has 0 heterocycles. The number of carbonyl (C=O) groups is 1. The van der Waals surface area contributed by atoms with Gasteiger partial charge < -0.3 is 14.2 Å². The monoisotopic (exact) mass is 426 g/mol. The summed E-state index contributed by atoms with van der Waals surface area (Å²) in [5.41, 5.74) is 2.46. The van der Waals surface area contributed by atoms with Gasteiger partial charge in [0.2, 0.25) is 5.75 Å². The Morgan fingerprint density at radius 2 is 1.37 bits per heavy atom. The molecule has 0 spiro atoms. The van der Waals surface area contributed by atoms with Crippen molar-refractivity contribution in [1.29, 1.82) is 0 Å². The first-order valence-corrected chi connectivity index (χ1v) is 9.21. The fraction of sp³-hybridized carbons (Fsp3) is 0.136. The van der Waals surface area contributed by atoms with Gasteiger partial charge in [0.1, 0.15) is 13.2 Å². The molecule has 3 rings (SSSR count). The van der Waals surface area contributed by atoms with Crippen molar-refractivity contribution in [3.05, 3.63) is 87.9 Å². The molecule has 0 atom stereocenters. The van der Waals surface area contributed by atoms with Crippen molar-refractivity contribution in [2.75, 3.05) is 7.11 Å². The van der Waals surface area contributed by atoms with E-state index in [0.29, 0.717) is 40.5 Å². The van der Waals surface area contributed by atoms with Crippen LogP contribution in [0.4, 0.5) is 0 Å².